The average Bonchev–Trinajstić information content (AvgIpc) is 2.91. The summed E-state index contributed by atoms with van der Waals surface area (Å²) >= 11 is 1.73. The van der Waals surface area contributed by atoms with Crippen LogP contribution in [0.4, 0.5) is 0 Å². The maximum atomic E-state index is 12.7. The lowest BCUT2D eigenvalue weighted by Gasteiger charge is -2.24. The number of hydrogen-bond acceptors (Lipinski definition) is 4. The molecule has 0 aromatic heterocycles. The third-order valence-electron chi connectivity index (χ3n) is 3.37. The van der Waals surface area contributed by atoms with E-state index in [1.807, 2.05) is 18.2 Å². The molecule has 1 aromatic carbocycles. The van der Waals surface area contributed by atoms with Crippen molar-refractivity contribution in [3.8, 4) is 6.07 Å². The van der Waals surface area contributed by atoms with E-state index in [1.165, 1.54) is 4.90 Å². The van der Waals surface area contributed by atoms with Crippen LogP contribution in [0.15, 0.2) is 29.2 Å². The zero-order valence-corrected chi connectivity index (χ0v) is 12.4. The van der Waals surface area contributed by atoms with Crippen LogP contribution in [0.1, 0.15) is 17.9 Å². The highest BCUT2D eigenvalue weighted by Gasteiger charge is 2.31. The Labute approximate surface area is 123 Å². The predicted molar refractivity (Wildman–Crippen MR) is 78.6 cm³/mol. The lowest BCUT2D eigenvalue weighted by atomic mass is 10.00. The fraction of sp³-hybridized carbons (Fsp3) is 0.467. The minimum atomic E-state index is -0.0910. The van der Waals surface area contributed by atoms with Gasteiger partial charge in [0.05, 0.1) is 25.0 Å². The molecule has 0 aliphatic carbocycles. The average molecular weight is 290 g/mol. The number of rotatable bonds is 6. The maximum absolute atomic E-state index is 12.7. The number of carbonyl (C=O) groups is 1. The van der Waals surface area contributed by atoms with Crippen LogP contribution in [0, 0.1) is 11.3 Å². The molecule has 0 N–H and O–H groups in total. The second-order valence-electron chi connectivity index (χ2n) is 4.63. The number of fused-ring (bicyclic) bond motifs is 1. The molecule has 0 saturated heterocycles. The molecule has 1 aromatic rings. The van der Waals surface area contributed by atoms with Gasteiger partial charge in [0.1, 0.15) is 0 Å². The summed E-state index contributed by atoms with van der Waals surface area (Å²) in [6, 6.07) is 10.2. The van der Waals surface area contributed by atoms with Gasteiger partial charge in [-0.05, 0) is 11.6 Å². The number of nitriles is 1. The molecule has 5 heteroatoms. The van der Waals surface area contributed by atoms with E-state index in [1.54, 1.807) is 23.8 Å². The van der Waals surface area contributed by atoms with Crippen molar-refractivity contribution in [1.29, 1.82) is 5.26 Å². The smallest absolute Gasteiger partial charge is 0.231 e. The lowest BCUT2D eigenvalue weighted by Crippen LogP contribution is -2.38. The van der Waals surface area contributed by atoms with Gasteiger partial charge in [0.2, 0.25) is 5.91 Å². The Morgan fingerprint density at radius 1 is 1.50 bits per heavy atom. The summed E-state index contributed by atoms with van der Waals surface area (Å²) in [6.45, 7) is 1.51. The van der Waals surface area contributed by atoms with Crippen LogP contribution >= 0.6 is 11.8 Å². The second kappa shape index (κ2) is 7.32. The number of amides is 1. The van der Waals surface area contributed by atoms with Crippen molar-refractivity contribution in [2.24, 2.45) is 0 Å². The summed E-state index contributed by atoms with van der Waals surface area (Å²) in [5.74, 6) is 0.801. The fourth-order valence-corrected chi connectivity index (χ4v) is 3.53. The Balaban J connectivity index is 2.10. The molecule has 1 aliphatic heterocycles. The SMILES string of the molecule is COCCN(CCC#N)C(=O)C1CSc2ccccc21. The molecular weight excluding hydrogens is 272 g/mol. The van der Waals surface area contributed by atoms with E-state index in [-0.39, 0.29) is 11.8 Å². The largest absolute Gasteiger partial charge is 0.383 e. The van der Waals surface area contributed by atoms with Crippen LogP contribution < -0.4 is 0 Å². The summed E-state index contributed by atoms with van der Waals surface area (Å²) in [7, 11) is 1.62. The van der Waals surface area contributed by atoms with Crippen LogP contribution in [0.25, 0.3) is 0 Å². The molecule has 0 fully saturated rings. The number of methoxy groups -OCH3 is 1. The first-order valence-corrected chi connectivity index (χ1v) is 7.63. The summed E-state index contributed by atoms with van der Waals surface area (Å²) in [5, 5.41) is 8.72. The molecule has 2 rings (SSSR count). The molecule has 4 nitrogen and oxygen atoms in total. The zero-order chi connectivity index (χ0) is 14.4. The van der Waals surface area contributed by atoms with Crippen molar-refractivity contribution in [3.63, 3.8) is 0 Å². The highest BCUT2D eigenvalue weighted by atomic mass is 32.2. The van der Waals surface area contributed by atoms with Crippen molar-refractivity contribution < 1.29 is 9.53 Å². The zero-order valence-electron chi connectivity index (χ0n) is 11.5. The number of benzene rings is 1. The van der Waals surface area contributed by atoms with Crippen molar-refractivity contribution in [2.45, 2.75) is 17.2 Å². The molecule has 0 radical (unpaired) electrons. The Bertz CT molecular complexity index is 513. The Kier molecular flexibility index (Phi) is 5.45. The highest BCUT2D eigenvalue weighted by molar-refractivity contribution is 7.99. The molecule has 1 unspecified atom stereocenters. The minimum Gasteiger partial charge on any atom is -0.383 e. The summed E-state index contributed by atoms with van der Waals surface area (Å²) in [6.07, 6.45) is 0.358. The van der Waals surface area contributed by atoms with Gasteiger partial charge in [-0.15, -0.1) is 11.8 Å². The Morgan fingerprint density at radius 3 is 3.05 bits per heavy atom. The fourth-order valence-electron chi connectivity index (χ4n) is 2.31. The van der Waals surface area contributed by atoms with Crippen molar-refractivity contribution >= 4 is 17.7 Å². The van der Waals surface area contributed by atoms with E-state index in [2.05, 4.69) is 12.1 Å². The molecule has 1 aliphatic rings. The molecule has 0 spiro atoms. The monoisotopic (exact) mass is 290 g/mol. The van der Waals surface area contributed by atoms with Crippen LogP contribution in [-0.4, -0.2) is 43.4 Å². The van der Waals surface area contributed by atoms with Crippen LogP contribution in [0.2, 0.25) is 0 Å². The van der Waals surface area contributed by atoms with Gasteiger partial charge in [0.15, 0.2) is 0 Å². The van der Waals surface area contributed by atoms with E-state index in [0.29, 0.717) is 26.1 Å². The van der Waals surface area contributed by atoms with Gasteiger partial charge in [-0.25, -0.2) is 0 Å². The predicted octanol–water partition coefficient (Wildman–Crippen LogP) is 2.26. The first-order chi connectivity index (χ1) is 9.77. The molecule has 0 bridgehead atoms. The van der Waals surface area contributed by atoms with Gasteiger partial charge in [-0.3, -0.25) is 4.79 Å². The third kappa shape index (κ3) is 3.33. The highest BCUT2D eigenvalue weighted by Crippen LogP contribution is 2.40. The van der Waals surface area contributed by atoms with Gasteiger partial charge < -0.3 is 9.64 Å². The van der Waals surface area contributed by atoms with E-state index in [0.717, 1.165) is 11.3 Å². The van der Waals surface area contributed by atoms with Crippen LogP contribution in [0.5, 0.6) is 0 Å². The standard InChI is InChI=1S/C15H18N2O2S/c1-19-10-9-17(8-4-7-16)15(18)13-11-20-14-6-3-2-5-12(13)14/h2-3,5-6,13H,4,8-11H2,1H3. The topological polar surface area (TPSA) is 53.3 Å². The Hall–Kier alpha value is -1.51. The second-order valence-corrected chi connectivity index (χ2v) is 5.69. The number of nitrogens with zero attached hydrogens (tertiary/aromatic N) is 2. The number of ether oxygens (including phenoxy) is 1. The molecule has 1 atom stereocenters. The van der Waals surface area contributed by atoms with Gasteiger partial charge in [0.25, 0.3) is 0 Å². The molecule has 0 saturated carbocycles. The summed E-state index contributed by atoms with van der Waals surface area (Å²) in [5.41, 5.74) is 1.11. The van der Waals surface area contributed by atoms with E-state index in [4.69, 9.17) is 10.00 Å². The normalized spacial score (nSPS) is 16.5. The minimum absolute atomic E-state index is 0.0910. The molecule has 1 amide bonds. The molecule has 1 heterocycles. The van der Waals surface area contributed by atoms with Gasteiger partial charge >= 0.3 is 0 Å². The van der Waals surface area contributed by atoms with E-state index in [9.17, 15) is 4.79 Å². The van der Waals surface area contributed by atoms with Crippen molar-refractivity contribution in [2.75, 3.05) is 32.6 Å². The number of thioether (sulfide) groups is 1. The quantitative estimate of drug-likeness (QED) is 0.806. The van der Waals surface area contributed by atoms with Crippen molar-refractivity contribution in [3.05, 3.63) is 29.8 Å². The van der Waals surface area contributed by atoms with E-state index >= 15 is 0 Å². The van der Waals surface area contributed by atoms with Crippen LogP contribution in [0.3, 0.4) is 0 Å². The van der Waals surface area contributed by atoms with Gasteiger partial charge in [-0.2, -0.15) is 5.26 Å². The maximum Gasteiger partial charge on any atom is 0.231 e. The lowest BCUT2D eigenvalue weighted by molar-refractivity contribution is -0.132. The van der Waals surface area contributed by atoms with E-state index < -0.39 is 0 Å². The Morgan fingerprint density at radius 2 is 2.30 bits per heavy atom. The molecule has 106 valence electrons. The molecule has 20 heavy (non-hydrogen) atoms. The third-order valence-corrected chi connectivity index (χ3v) is 4.55. The van der Waals surface area contributed by atoms with Gasteiger partial charge in [0, 0.05) is 30.8 Å². The first kappa shape index (κ1) is 14.9. The van der Waals surface area contributed by atoms with Crippen molar-refractivity contribution in [1.82, 2.24) is 4.90 Å². The number of hydrogen-bond donors (Lipinski definition) is 0. The summed E-state index contributed by atoms with van der Waals surface area (Å²) < 4.78 is 5.05. The molecular formula is C15H18N2O2S. The van der Waals surface area contributed by atoms with Gasteiger partial charge in [-0.1, -0.05) is 18.2 Å². The summed E-state index contributed by atoms with van der Waals surface area (Å²) in [4.78, 5) is 15.6. The first-order valence-electron chi connectivity index (χ1n) is 6.64. The van der Waals surface area contributed by atoms with Crippen LogP contribution in [-0.2, 0) is 9.53 Å². The number of carbonyl (C=O) groups excluding carboxylic acids is 1.